The molecule has 0 saturated carbocycles. The minimum atomic E-state index is -1.27. The van der Waals surface area contributed by atoms with Crippen molar-refractivity contribution >= 4 is 5.97 Å². The summed E-state index contributed by atoms with van der Waals surface area (Å²) in [5, 5.41) is 13.8. The van der Waals surface area contributed by atoms with E-state index < -0.39 is 12.1 Å². The molecule has 1 unspecified atom stereocenters. The Hall–Kier alpha value is -2.40. The molecule has 0 aliphatic carbocycles. The number of hydrogen-bond donors (Lipinski definition) is 1. The Balaban J connectivity index is 2.22. The van der Waals surface area contributed by atoms with Gasteiger partial charge in [0.2, 0.25) is 0 Å². The number of carbonyl (C=O) groups is 1. The van der Waals surface area contributed by atoms with Gasteiger partial charge in [-0.25, -0.2) is 4.79 Å². The average Bonchev–Trinajstić information content (AvgIpc) is 2.95. The zero-order valence-corrected chi connectivity index (χ0v) is 11.3. The highest BCUT2D eigenvalue weighted by molar-refractivity contribution is 5.88. The Morgan fingerprint density at radius 3 is 2.65 bits per heavy atom. The summed E-state index contributed by atoms with van der Waals surface area (Å²) in [6, 6.07) is 9.28. The Morgan fingerprint density at radius 2 is 2.05 bits per heavy atom. The molecule has 2 aromatic rings. The number of ether oxygens (including phenoxy) is 1. The number of aliphatic hydroxyl groups excluding tert-OH is 1. The summed E-state index contributed by atoms with van der Waals surface area (Å²) in [5.41, 5.74) is 2.48. The number of benzene rings is 1. The molecule has 0 spiro atoms. The minimum absolute atomic E-state index is 0.0980. The van der Waals surface area contributed by atoms with E-state index in [-0.39, 0.29) is 11.3 Å². The quantitative estimate of drug-likeness (QED) is 0.684. The first-order valence-electron chi connectivity index (χ1n) is 6.01. The van der Waals surface area contributed by atoms with Crippen molar-refractivity contribution in [3.63, 3.8) is 0 Å². The molecule has 1 atom stereocenters. The molecular weight excluding hydrogens is 258 g/mol. The van der Waals surface area contributed by atoms with E-state index in [2.05, 4.69) is 16.5 Å². The van der Waals surface area contributed by atoms with Crippen molar-refractivity contribution in [2.24, 2.45) is 0 Å². The Kier molecular flexibility index (Phi) is 4.00. The van der Waals surface area contributed by atoms with Crippen LogP contribution in [-0.2, 0) is 9.53 Å². The third kappa shape index (κ3) is 2.78. The monoisotopic (exact) mass is 273 g/mol. The highest BCUT2D eigenvalue weighted by Crippen LogP contribution is 2.26. The first-order chi connectivity index (χ1) is 9.52. The fraction of sp³-hybridized carbons (Fsp3) is 0.200. The number of carbonyl (C=O) groups excluding carboxylic acids is 1. The second kappa shape index (κ2) is 5.71. The lowest BCUT2D eigenvalue weighted by Gasteiger charge is -2.07. The maximum atomic E-state index is 11.3. The van der Waals surface area contributed by atoms with Crippen molar-refractivity contribution in [2.45, 2.75) is 13.0 Å². The molecule has 0 fully saturated rings. The van der Waals surface area contributed by atoms with Crippen LogP contribution in [0.4, 0.5) is 0 Å². The molecule has 1 N–H and O–H groups in total. The van der Waals surface area contributed by atoms with Gasteiger partial charge in [-0.2, -0.15) is 0 Å². The van der Waals surface area contributed by atoms with Gasteiger partial charge in [-0.3, -0.25) is 0 Å². The van der Waals surface area contributed by atoms with Crippen LogP contribution in [0.25, 0.3) is 11.3 Å². The zero-order chi connectivity index (χ0) is 14.7. The highest BCUT2D eigenvalue weighted by Gasteiger charge is 2.23. The first kappa shape index (κ1) is 14.0. The Bertz CT molecular complexity index is 628. The lowest BCUT2D eigenvalue weighted by atomic mass is 10.1. The minimum Gasteiger partial charge on any atom is -0.466 e. The smallest absolute Gasteiger partial charge is 0.336 e. The molecule has 0 aliphatic heterocycles. The molecule has 0 aliphatic rings. The lowest BCUT2D eigenvalue weighted by Crippen LogP contribution is -2.11. The summed E-state index contributed by atoms with van der Waals surface area (Å²) < 4.78 is 9.56. The van der Waals surface area contributed by atoms with E-state index in [9.17, 15) is 9.90 Å². The van der Waals surface area contributed by atoms with Gasteiger partial charge in [-0.1, -0.05) is 41.6 Å². The Morgan fingerprint density at radius 1 is 1.40 bits per heavy atom. The summed E-state index contributed by atoms with van der Waals surface area (Å²) in [5.74, 6) is -0.540. The second-order valence-corrected chi connectivity index (χ2v) is 4.40. The normalized spacial score (nSPS) is 11.9. The predicted molar refractivity (Wildman–Crippen MR) is 72.8 cm³/mol. The van der Waals surface area contributed by atoms with Gasteiger partial charge in [0.15, 0.2) is 5.76 Å². The SMILES string of the molecule is C=C(C(=O)OC)C(O)c1cc(-c2ccc(C)cc2)no1. The third-order valence-electron chi connectivity index (χ3n) is 2.92. The van der Waals surface area contributed by atoms with Crippen molar-refractivity contribution in [1.82, 2.24) is 5.16 Å². The van der Waals surface area contributed by atoms with Crippen LogP contribution >= 0.6 is 0 Å². The molecule has 104 valence electrons. The number of esters is 1. The van der Waals surface area contributed by atoms with Crippen LogP contribution in [0.5, 0.6) is 0 Å². The predicted octanol–water partition coefficient (Wildman–Crippen LogP) is 2.41. The van der Waals surface area contributed by atoms with Crippen molar-refractivity contribution in [3.8, 4) is 11.3 Å². The number of nitrogens with zero attached hydrogens (tertiary/aromatic N) is 1. The van der Waals surface area contributed by atoms with Crippen LogP contribution in [0.2, 0.25) is 0 Å². The molecule has 1 aromatic heterocycles. The largest absolute Gasteiger partial charge is 0.466 e. The van der Waals surface area contributed by atoms with Gasteiger partial charge >= 0.3 is 5.97 Å². The standard InChI is InChI=1S/C15H15NO4/c1-9-4-6-11(7-5-9)12-8-13(20-16-12)14(17)10(2)15(18)19-3/h4-8,14,17H,2H2,1,3H3. The zero-order valence-electron chi connectivity index (χ0n) is 11.3. The van der Waals surface area contributed by atoms with E-state index >= 15 is 0 Å². The van der Waals surface area contributed by atoms with Crippen LogP contribution in [0, 0.1) is 6.92 Å². The molecule has 2 rings (SSSR count). The molecule has 0 radical (unpaired) electrons. The van der Waals surface area contributed by atoms with Crippen molar-refractivity contribution in [2.75, 3.05) is 7.11 Å². The van der Waals surface area contributed by atoms with Crippen LogP contribution in [-0.4, -0.2) is 23.3 Å². The molecule has 20 heavy (non-hydrogen) atoms. The van der Waals surface area contributed by atoms with Crippen molar-refractivity contribution in [3.05, 3.63) is 53.8 Å². The summed E-state index contributed by atoms with van der Waals surface area (Å²) in [6.07, 6.45) is -1.27. The average molecular weight is 273 g/mol. The number of hydrogen-bond acceptors (Lipinski definition) is 5. The number of aliphatic hydroxyl groups is 1. The van der Waals surface area contributed by atoms with E-state index in [4.69, 9.17) is 4.52 Å². The number of rotatable bonds is 4. The van der Waals surface area contributed by atoms with Gasteiger partial charge in [0, 0.05) is 11.6 Å². The molecule has 5 nitrogen and oxygen atoms in total. The second-order valence-electron chi connectivity index (χ2n) is 4.40. The lowest BCUT2D eigenvalue weighted by molar-refractivity contribution is -0.137. The molecule has 0 amide bonds. The van der Waals surface area contributed by atoms with E-state index in [1.807, 2.05) is 31.2 Å². The topological polar surface area (TPSA) is 72.6 Å². The van der Waals surface area contributed by atoms with Crippen LogP contribution in [0.15, 0.2) is 47.0 Å². The number of aromatic nitrogens is 1. The molecular formula is C15H15NO4. The molecule has 0 saturated heterocycles. The fourth-order valence-corrected chi connectivity index (χ4v) is 1.69. The van der Waals surface area contributed by atoms with Gasteiger partial charge < -0.3 is 14.4 Å². The van der Waals surface area contributed by atoms with Gasteiger partial charge in [-0.05, 0) is 6.92 Å². The number of methoxy groups -OCH3 is 1. The summed E-state index contributed by atoms with van der Waals surface area (Å²) in [7, 11) is 1.22. The van der Waals surface area contributed by atoms with E-state index in [0.29, 0.717) is 5.69 Å². The first-order valence-corrected chi connectivity index (χ1v) is 6.01. The molecule has 1 aromatic carbocycles. The Labute approximate surface area is 116 Å². The fourth-order valence-electron chi connectivity index (χ4n) is 1.69. The molecule has 1 heterocycles. The molecule has 0 bridgehead atoms. The van der Waals surface area contributed by atoms with E-state index in [1.165, 1.54) is 7.11 Å². The van der Waals surface area contributed by atoms with E-state index in [0.717, 1.165) is 11.1 Å². The molecule has 5 heteroatoms. The van der Waals surface area contributed by atoms with Gasteiger partial charge in [0.05, 0.1) is 12.7 Å². The van der Waals surface area contributed by atoms with E-state index in [1.54, 1.807) is 6.07 Å². The summed E-state index contributed by atoms with van der Waals surface area (Å²) in [4.78, 5) is 11.3. The summed E-state index contributed by atoms with van der Waals surface area (Å²) in [6.45, 7) is 5.47. The third-order valence-corrected chi connectivity index (χ3v) is 2.92. The maximum absolute atomic E-state index is 11.3. The maximum Gasteiger partial charge on any atom is 0.336 e. The van der Waals surface area contributed by atoms with Gasteiger partial charge in [0.1, 0.15) is 11.8 Å². The van der Waals surface area contributed by atoms with Crippen LogP contribution in [0.3, 0.4) is 0 Å². The van der Waals surface area contributed by atoms with Crippen LogP contribution < -0.4 is 0 Å². The summed E-state index contributed by atoms with van der Waals surface area (Å²) >= 11 is 0. The van der Waals surface area contributed by atoms with Crippen molar-refractivity contribution in [1.29, 1.82) is 0 Å². The number of aryl methyl sites for hydroxylation is 1. The van der Waals surface area contributed by atoms with Gasteiger partial charge in [0.25, 0.3) is 0 Å². The van der Waals surface area contributed by atoms with Crippen molar-refractivity contribution < 1.29 is 19.2 Å². The highest BCUT2D eigenvalue weighted by atomic mass is 16.5. The van der Waals surface area contributed by atoms with Crippen LogP contribution in [0.1, 0.15) is 17.4 Å². The van der Waals surface area contributed by atoms with Gasteiger partial charge in [-0.15, -0.1) is 0 Å².